The van der Waals surface area contributed by atoms with Crippen LogP contribution >= 0.6 is 0 Å². The number of benzene rings is 1. The zero-order valence-electron chi connectivity index (χ0n) is 9.47. The number of hydrogen-bond donors (Lipinski definition) is 2. The van der Waals surface area contributed by atoms with E-state index >= 15 is 0 Å². The van der Waals surface area contributed by atoms with E-state index < -0.39 is 0 Å². The van der Waals surface area contributed by atoms with E-state index in [4.69, 9.17) is 0 Å². The summed E-state index contributed by atoms with van der Waals surface area (Å²) in [7, 11) is 0. The fraction of sp³-hybridized carbons (Fsp3) is 0.462. The van der Waals surface area contributed by atoms with Crippen LogP contribution in [0.25, 0.3) is 0 Å². The molecule has 1 aromatic carbocycles. The number of aryl methyl sites for hydroxylation is 1. The third-order valence-corrected chi connectivity index (χ3v) is 3.75. The Morgan fingerprint density at radius 3 is 2.81 bits per heavy atom. The molecular weight excluding hydrogens is 200 g/mol. The van der Waals surface area contributed by atoms with Crippen molar-refractivity contribution >= 4 is 17.3 Å². The zero-order chi connectivity index (χ0) is 11.2. The molecule has 1 aromatic rings. The van der Waals surface area contributed by atoms with Gasteiger partial charge in [-0.25, -0.2) is 0 Å². The Morgan fingerprint density at radius 2 is 2.12 bits per heavy atom. The molecule has 0 radical (unpaired) electrons. The minimum absolute atomic E-state index is 0.0309. The lowest BCUT2D eigenvalue weighted by molar-refractivity contribution is -0.117. The van der Waals surface area contributed by atoms with E-state index in [1.165, 1.54) is 6.42 Å². The molecule has 1 saturated carbocycles. The number of rotatable bonds is 0. The van der Waals surface area contributed by atoms with Gasteiger partial charge in [-0.15, -0.1) is 0 Å². The topological polar surface area (TPSA) is 41.1 Å². The highest BCUT2D eigenvalue weighted by Gasteiger charge is 2.41. The molecular formula is C13H16N2O. The van der Waals surface area contributed by atoms with E-state index in [2.05, 4.69) is 10.6 Å². The van der Waals surface area contributed by atoms with Gasteiger partial charge in [0.2, 0.25) is 5.91 Å². The fourth-order valence-corrected chi connectivity index (χ4v) is 2.66. The van der Waals surface area contributed by atoms with Gasteiger partial charge in [0.15, 0.2) is 0 Å². The van der Waals surface area contributed by atoms with Gasteiger partial charge in [-0.1, -0.05) is 12.1 Å². The molecule has 2 aliphatic rings. The zero-order valence-corrected chi connectivity index (χ0v) is 9.47. The normalized spacial score (nSPS) is 21.4. The molecule has 3 heteroatoms. The minimum atomic E-state index is 0.0309. The van der Waals surface area contributed by atoms with Crippen LogP contribution in [-0.4, -0.2) is 11.4 Å². The van der Waals surface area contributed by atoms with Crippen LogP contribution in [-0.2, 0) is 4.79 Å². The quantitative estimate of drug-likeness (QED) is 0.700. The molecule has 1 heterocycles. The van der Waals surface area contributed by atoms with Crippen molar-refractivity contribution in [2.45, 2.75) is 38.1 Å². The van der Waals surface area contributed by atoms with Crippen LogP contribution < -0.4 is 10.6 Å². The van der Waals surface area contributed by atoms with Gasteiger partial charge < -0.3 is 10.6 Å². The van der Waals surface area contributed by atoms with Crippen molar-refractivity contribution < 1.29 is 4.79 Å². The first-order valence-corrected chi connectivity index (χ1v) is 5.86. The lowest BCUT2D eigenvalue weighted by Gasteiger charge is -2.41. The highest BCUT2D eigenvalue weighted by Crippen LogP contribution is 2.42. The first-order valence-electron chi connectivity index (χ1n) is 5.86. The molecule has 0 bridgehead atoms. The lowest BCUT2D eigenvalue weighted by Crippen LogP contribution is -2.46. The van der Waals surface area contributed by atoms with Gasteiger partial charge in [0.05, 0.1) is 11.4 Å². The second kappa shape index (κ2) is 3.24. The Bertz CT molecular complexity index is 449. The predicted molar refractivity (Wildman–Crippen MR) is 64.6 cm³/mol. The summed E-state index contributed by atoms with van der Waals surface area (Å²) in [6.07, 6.45) is 4.03. The summed E-state index contributed by atoms with van der Waals surface area (Å²) in [5.41, 5.74) is 3.18. The highest BCUT2D eigenvalue weighted by atomic mass is 16.1. The van der Waals surface area contributed by atoms with E-state index in [0.29, 0.717) is 6.42 Å². The summed E-state index contributed by atoms with van der Waals surface area (Å²) in [4.78, 5) is 11.9. The number of hydrogen-bond acceptors (Lipinski definition) is 2. The van der Waals surface area contributed by atoms with Gasteiger partial charge in [-0.2, -0.15) is 0 Å². The summed E-state index contributed by atoms with van der Waals surface area (Å²) in [5, 5.41) is 6.57. The Kier molecular flexibility index (Phi) is 1.96. The summed E-state index contributed by atoms with van der Waals surface area (Å²) < 4.78 is 0. The van der Waals surface area contributed by atoms with Crippen molar-refractivity contribution in [2.24, 2.45) is 0 Å². The Morgan fingerprint density at radius 1 is 1.31 bits per heavy atom. The van der Waals surface area contributed by atoms with Gasteiger partial charge in [0.1, 0.15) is 0 Å². The Balaban J connectivity index is 2.05. The van der Waals surface area contributed by atoms with Crippen LogP contribution in [0.1, 0.15) is 31.2 Å². The molecule has 16 heavy (non-hydrogen) atoms. The van der Waals surface area contributed by atoms with Crippen molar-refractivity contribution in [2.75, 3.05) is 10.6 Å². The van der Waals surface area contributed by atoms with Crippen molar-refractivity contribution in [1.82, 2.24) is 0 Å². The molecule has 1 fully saturated rings. The number of anilines is 2. The van der Waals surface area contributed by atoms with Gasteiger partial charge in [0, 0.05) is 12.0 Å². The van der Waals surface area contributed by atoms with Crippen LogP contribution in [0.15, 0.2) is 18.2 Å². The van der Waals surface area contributed by atoms with Gasteiger partial charge >= 0.3 is 0 Å². The largest absolute Gasteiger partial charge is 0.377 e. The highest BCUT2D eigenvalue weighted by molar-refractivity contribution is 5.98. The van der Waals surface area contributed by atoms with Crippen molar-refractivity contribution in [1.29, 1.82) is 0 Å². The summed E-state index contributed by atoms with van der Waals surface area (Å²) in [6.45, 7) is 2.03. The van der Waals surface area contributed by atoms with E-state index in [9.17, 15) is 4.79 Å². The molecule has 0 aromatic heterocycles. The van der Waals surface area contributed by atoms with Crippen molar-refractivity contribution in [3.8, 4) is 0 Å². The average molecular weight is 216 g/mol. The molecule has 3 rings (SSSR count). The number of carbonyl (C=O) groups is 1. The second-order valence-corrected chi connectivity index (χ2v) is 4.98. The molecule has 1 aliphatic heterocycles. The average Bonchev–Trinajstić information content (AvgIpc) is 2.34. The van der Waals surface area contributed by atoms with Crippen LogP contribution in [0.3, 0.4) is 0 Å². The maximum Gasteiger partial charge on any atom is 0.226 e. The monoisotopic (exact) mass is 216 g/mol. The molecule has 0 atom stereocenters. The maximum atomic E-state index is 11.9. The smallest absolute Gasteiger partial charge is 0.226 e. The number of carbonyl (C=O) groups excluding carboxylic acids is 1. The third-order valence-electron chi connectivity index (χ3n) is 3.75. The molecule has 2 N–H and O–H groups in total. The van der Waals surface area contributed by atoms with E-state index in [0.717, 1.165) is 29.8 Å². The number of nitrogens with one attached hydrogen (secondary N) is 2. The standard InChI is InChI=1S/C13H16N2O/c1-9-4-2-5-10-12(9)14-11(16)8-13(15-10)6-3-7-13/h2,4-5,15H,3,6-8H2,1H3,(H,14,16). The number of amides is 1. The van der Waals surface area contributed by atoms with Gasteiger partial charge in [0.25, 0.3) is 0 Å². The molecule has 0 saturated heterocycles. The van der Waals surface area contributed by atoms with Crippen molar-refractivity contribution in [3.63, 3.8) is 0 Å². The first-order chi connectivity index (χ1) is 7.69. The molecule has 0 unspecified atom stereocenters. The maximum absolute atomic E-state index is 11.9. The molecule has 84 valence electrons. The third kappa shape index (κ3) is 1.39. The molecule has 1 amide bonds. The van der Waals surface area contributed by atoms with Gasteiger partial charge in [-0.3, -0.25) is 4.79 Å². The molecule has 1 spiro atoms. The van der Waals surface area contributed by atoms with E-state index in [1.54, 1.807) is 0 Å². The Hall–Kier alpha value is -1.51. The van der Waals surface area contributed by atoms with Gasteiger partial charge in [-0.05, 0) is 37.8 Å². The SMILES string of the molecule is Cc1cccc2c1NC(=O)CC1(CCC1)N2. The summed E-state index contributed by atoms with van der Waals surface area (Å²) in [5.74, 6) is 0.139. The lowest BCUT2D eigenvalue weighted by atomic mass is 9.74. The predicted octanol–water partition coefficient (Wildman–Crippen LogP) is 2.67. The van der Waals surface area contributed by atoms with Crippen LogP contribution in [0.2, 0.25) is 0 Å². The number of fused-ring (bicyclic) bond motifs is 1. The summed E-state index contributed by atoms with van der Waals surface area (Å²) in [6, 6.07) is 6.11. The molecule has 3 nitrogen and oxygen atoms in total. The Labute approximate surface area is 95.2 Å². The summed E-state index contributed by atoms with van der Waals surface area (Å²) >= 11 is 0. The van der Waals surface area contributed by atoms with Crippen LogP contribution in [0, 0.1) is 6.92 Å². The number of para-hydroxylation sites is 1. The van der Waals surface area contributed by atoms with E-state index in [-0.39, 0.29) is 11.4 Å². The van der Waals surface area contributed by atoms with Crippen LogP contribution in [0.4, 0.5) is 11.4 Å². The fourth-order valence-electron chi connectivity index (χ4n) is 2.66. The molecule has 1 aliphatic carbocycles. The van der Waals surface area contributed by atoms with Crippen molar-refractivity contribution in [3.05, 3.63) is 23.8 Å². The van der Waals surface area contributed by atoms with Crippen LogP contribution in [0.5, 0.6) is 0 Å². The minimum Gasteiger partial charge on any atom is -0.377 e. The van der Waals surface area contributed by atoms with E-state index in [1.807, 2.05) is 25.1 Å². The first kappa shape index (κ1) is 9.70. The second-order valence-electron chi connectivity index (χ2n) is 4.98.